The molecule has 1 unspecified atom stereocenters. The van der Waals surface area contributed by atoms with E-state index in [1.54, 1.807) is 7.11 Å². The van der Waals surface area contributed by atoms with Crippen LogP contribution in [-0.2, 0) is 9.47 Å². The van der Waals surface area contributed by atoms with Gasteiger partial charge < -0.3 is 15.2 Å². The maximum atomic E-state index is 5.60. The van der Waals surface area contributed by atoms with Gasteiger partial charge in [0.25, 0.3) is 0 Å². The van der Waals surface area contributed by atoms with Crippen molar-refractivity contribution in [3.05, 3.63) is 0 Å². The van der Waals surface area contributed by atoms with E-state index >= 15 is 0 Å². The molecule has 1 saturated heterocycles. The van der Waals surface area contributed by atoms with E-state index in [1.807, 2.05) is 0 Å². The van der Waals surface area contributed by atoms with Gasteiger partial charge in [0.1, 0.15) is 5.60 Å². The van der Waals surface area contributed by atoms with Gasteiger partial charge in [0.05, 0.1) is 12.2 Å². The van der Waals surface area contributed by atoms with E-state index in [2.05, 4.69) is 13.8 Å². The summed E-state index contributed by atoms with van der Waals surface area (Å²) in [5.74, 6) is 0. The molecule has 2 N–H and O–H groups in total. The predicted molar refractivity (Wildman–Crippen MR) is 43.4 cm³/mol. The molecule has 1 atom stereocenters. The molecule has 11 heavy (non-hydrogen) atoms. The minimum Gasteiger partial charge on any atom is -0.374 e. The monoisotopic (exact) mass is 159 g/mol. The highest BCUT2D eigenvalue weighted by Crippen LogP contribution is 2.33. The van der Waals surface area contributed by atoms with Gasteiger partial charge >= 0.3 is 0 Å². The molecule has 0 radical (unpaired) electrons. The molecule has 1 heterocycles. The summed E-state index contributed by atoms with van der Waals surface area (Å²) >= 11 is 0. The van der Waals surface area contributed by atoms with Crippen LogP contribution in [0.25, 0.3) is 0 Å². The molecule has 0 aromatic carbocycles. The van der Waals surface area contributed by atoms with Crippen molar-refractivity contribution in [1.82, 2.24) is 0 Å². The van der Waals surface area contributed by atoms with Crippen LogP contribution < -0.4 is 5.73 Å². The zero-order chi connectivity index (χ0) is 8.54. The molecule has 0 bridgehead atoms. The molecule has 0 aromatic rings. The second-order valence-corrected chi connectivity index (χ2v) is 3.82. The first-order valence-corrected chi connectivity index (χ1v) is 3.93. The van der Waals surface area contributed by atoms with Gasteiger partial charge in [-0.3, -0.25) is 0 Å². The Balaban J connectivity index is 2.62. The second-order valence-electron chi connectivity index (χ2n) is 3.82. The fraction of sp³-hybridized carbons (Fsp3) is 1.00. The van der Waals surface area contributed by atoms with E-state index in [9.17, 15) is 0 Å². The van der Waals surface area contributed by atoms with Crippen LogP contribution in [0.3, 0.4) is 0 Å². The minimum atomic E-state index is -0.233. The van der Waals surface area contributed by atoms with E-state index < -0.39 is 0 Å². The normalized spacial score (nSPS) is 36.0. The first kappa shape index (κ1) is 8.97. The molecule has 0 aliphatic carbocycles. The van der Waals surface area contributed by atoms with Crippen LogP contribution in [0, 0.1) is 0 Å². The number of hydrogen-bond acceptors (Lipinski definition) is 3. The highest BCUT2D eigenvalue weighted by Gasteiger charge is 2.43. The fourth-order valence-electron chi connectivity index (χ4n) is 1.55. The van der Waals surface area contributed by atoms with Crippen molar-refractivity contribution in [3.63, 3.8) is 0 Å². The lowest BCUT2D eigenvalue weighted by Gasteiger charge is -2.24. The first-order valence-electron chi connectivity index (χ1n) is 3.93. The molecule has 3 heteroatoms. The highest BCUT2D eigenvalue weighted by atomic mass is 16.6. The lowest BCUT2D eigenvalue weighted by Crippen LogP contribution is -2.41. The lowest BCUT2D eigenvalue weighted by molar-refractivity contribution is -0.0168. The van der Waals surface area contributed by atoms with Crippen molar-refractivity contribution in [2.45, 2.75) is 31.5 Å². The molecule has 1 fully saturated rings. The minimum absolute atomic E-state index is 0.0740. The van der Waals surface area contributed by atoms with Crippen LogP contribution in [0.5, 0.6) is 0 Å². The SMILES string of the molecule is COC1(CN)COC(C)(C)C1. The van der Waals surface area contributed by atoms with Crippen molar-refractivity contribution >= 4 is 0 Å². The summed E-state index contributed by atoms with van der Waals surface area (Å²) in [6.07, 6.45) is 0.882. The van der Waals surface area contributed by atoms with Gasteiger partial charge in [0.2, 0.25) is 0 Å². The van der Waals surface area contributed by atoms with Gasteiger partial charge in [-0.15, -0.1) is 0 Å². The largest absolute Gasteiger partial charge is 0.374 e. The second kappa shape index (κ2) is 2.73. The smallest absolute Gasteiger partial charge is 0.106 e. The van der Waals surface area contributed by atoms with Crippen LogP contribution in [0.1, 0.15) is 20.3 Å². The van der Waals surface area contributed by atoms with Crippen molar-refractivity contribution in [2.75, 3.05) is 20.3 Å². The number of nitrogens with two attached hydrogens (primary N) is 1. The predicted octanol–water partition coefficient (Wildman–Crippen LogP) is 0.529. The topological polar surface area (TPSA) is 44.5 Å². The van der Waals surface area contributed by atoms with Gasteiger partial charge in [-0.05, 0) is 13.8 Å². The van der Waals surface area contributed by atoms with Gasteiger partial charge in [0.15, 0.2) is 0 Å². The average Bonchev–Trinajstić information content (AvgIpc) is 2.28. The first-order chi connectivity index (χ1) is 5.04. The van der Waals surface area contributed by atoms with E-state index in [4.69, 9.17) is 15.2 Å². The molecule has 3 nitrogen and oxygen atoms in total. The van der Waals surface area contributed by atoms with Crippen LogP contribution >= 0.6 is 0 Å². The molecule has 1 aliphatic heterocycles. The standard InChI is InChI=1S/C8H17NO2/c1-7(2)4-8(5-9,10-3)6-11-7/h4-6,9H2,1-3H3. The Hall–Kier alpha value is -0.120. The number of rotatable bonds is 2. The zero-order valence-corrected chi connectivity index (χ0v) is 7.52. The van der Waals surface area contributed by atoms with E-state index in [1.165, 1.54) is 0 Å². The van der Waals surface area contributed by atoms with Crippen molar-refractivity contribution in [1.29, 1.82) is 0 Å². The van der Waals surface area contributed by atoms with Crippen LogP contribution in [0.15, 0.2) is 0 Å². The summed E-state index contributed by atoms with van der Waals surface area (Å²) in [4.78, 5) is 0. The van der Waals surface area contributed by atoms with E-state index in [0.29, 0.717) is 13.2 Å². The lowest BCUT2D eigenvalue weighted by atomic mass is 9.94. The molecule has 0 amide bonds. The Labute approximate surface area is 67.9 Å². The van der Waals surface area contributed by atoms with Crippen molar-refractivity contribution in [2.24, 2.45) is 5.73 Å². The van der Waals surface area contributed by atoms with Crippen LogP contribution in [-0.4, -0.2) is 31.5 Å². The van der Waals surface area contributed by atoms with Crippen molar-refractivity contribution < 1.29 is 9.47 Å². The maximum Gasteiger partial charge on any atom is 0.106 e. The number of ether oxygens (including phenoxy) is 2. The third kappa shape index (κ3) is 1.72. The summed E-state index contributed by atoms with van der Waals surface area (Å²) < 4.78 is 10.9. The number of hydrogen-bond donors (Lipinski definition) is 1. The van der Waals surface area contributed by atoms with E-state index in [-0.39, 0.29) is 11.2 Å². The van der Waals surface area contributed by atoms with Crippen LogP contribution in [0.4, 0.5) is 0 Å². The molecule has 1 aliphatic rings. The zero-order valence-electron chi connectivity index (χ0n) is 7.52. The summed E-state index contributed by atoms with van der Waals surface area (Å²) in [7, 11) is 1.69. The Morgan fingerprint density at radius 2 is 2.18 bits per heavy atom. The molecule has 66 valence electrons. The highest BCUT2D eigenvalue weighted by molar-refractivity contribution is 4.95. The summed E-state index contributed by atoms with van der Waals surface area (Å²) in [5, 5.41) is 0. The van der Waals surface area contributed by atoms with E-state index in [0.717, 1.165) is 6.42 Å². The Kier molecular flexibility index (Phi) is 2.23. The fourth-order valence-corrected chi connectivity index (χ4v) is 1.55. The molecule has 0 spiro atoms. The number of methoxy groups -OCH3 is 1. The third-order valence-corrected chi connectivity index (χ3v) is 2.28. The quantitative estimate of drug-likeness (QED) is 0.639. The van der Waals surface area contributed by atoms with Gasteiger partial charge in [-0.2, -0.15) is 0 Å². The summed E-state index contributed by atoms with van der Waals surface area (Å²) in [5.41, 5.74) is 5.29. The molecular formula is C8H17NO2. The Morgan fingerprint density at radius 3 is 2.36 bits per heavy atom. The maximum absolute atomic E-state index is 5.60. The van der Waals surface area contributed by atoms with Crippen molar-refractivity contribution in [3.8, 4) is 0 Å². The average molecular weight is 159 g/mol. The molecular weight excluding hydrogens is 142 g/mol. The summed E-state index contributed by atoms with van der Waals surface area (Å²) in [6, 6.07) is 0. The van der Waals surface area contributed by atoms with Gasteiger partial charge in [-0.1, -0.05) is 0 Å². The molecule has 0 saturated carbocycles. The third-order valence-electron chi connectivity index (χ3n) is 2.28. The molecule has 1 rings (SSSR count). The van der Waals surface area contributed by atoms with Gasteiger partial charge in [0, 0.05) is 20.1 Å². The summed E-state index contributed by atoms with van der Waals surface area (Å²) in [6.45, 7) is 5.27. The van der Waals surface area contributed by atoms with Gasteiger partial charge in [-0.25, -0.2) is 0 Å². The Bertz CT molecular complexity index is 141. The van der Waals surface area contributed by atoms with Crippen LogP contribution in [0.2, 0.25) is 0 Å². The Morgan fingerprint density at radius 1 is 1.55 bits per heavy atom. The molecule has 0 aromatic heterocycles.